The van der Waals surface area contributed by atoms with E-state index in [1.165, 1.54) is 0 Å². The summed E-state index contributed by atoms with van der Waals surface area (Å²) in [7, 11) is 1.73. The molecule has 0 bridgehead atoms. The van der Waals surface area contributed by atoms with Gasteiger partial charge in [0.25, 0.3) is 0 Å². The van der Waals surface area contributed by atoms with Gasteiger partial charge in [-0.15, -0.1) is 6.42 Å². The molecule has 0 radical (unpaired) electrons. The third kappa shape index (κ3) is 5.20. The van der Waals surface area contributed by atoms with Crippen LogP contribution in [0.3, 0.4) is 0 Å². The van der Waals surface area contributed by atoms with E-state index in [1.54, 1.807) is 11.9 Å². The number of unbranched alkanes of at least 4 members (excludes halogenated alkanes) is 1. The zero-order chi connectivity index (χ0) is 9.40. The molecule has 0 aromatic rings. The van der Waals surface area contributed by atoms with E-state index >= 15 is 0 Å². The highest BCUT2D eigenvalue weighted by Gasteiger charge is 2.05. The van der Waals surface area contributed by atoms with Gasteiger partial charge in [0, 0.05) is 18.8 Å². The highest BCUT2D eigenvalue weighted by molar-refractivity contribution is 9.09. The molecule has 0 aromatic heterocycles. The van der Waals surface area contributed by atoms with Gasteiger partial charge in [-0.3, -0.25) is 4.79 Å². The minimum Gasteiger partial charge on any atom is -0.335 e. The molecule has 2 nitrogen and oxygen atoms in total. The van der Waals surface area contributed by atoms with Crippen LogP contribution in [0.15, 0.2) is 0 Å². The number of halogens is 1. The highest BCUT2D eigenvalue weighted by Crippen LogP contribution is 2.00. The number of rotatable bonds is 5. The maximum atomic E-state index is 11.2. The van der Waals surface area contributed by atoms with E-state index in [0.29, 0.717) is 13.0 Å². The summed E-state index contributed by atoms with van der Waals surface area (Å²) >= 11 is 3.31. The third-order valence-corrected chi connectivity index (χ3v) is 2.09. The normalized spacial score (nSPS) is 9.08. The zero-order valence-corrected chi connectivity index (χ0v) is 8.93. The number of hydrogen-bond acceptors (Lipinski definition) is 1. The van der Waals surface area contributed by atoms with Crippen molar-refractivity contribution in [2.45, 2.75) is 19.3 Å². The fourth-order valence-electron chi connectivity index (χ4n) is 0.787. The van der Waals surface area contributed by atoms with Crippen LogP contribution in [0.1, 0.15) is 19.3 Å². The van der Waals surface area contributed by atoms with Gasteiger partial charge in [-0.05, 0) is 12.8 Å². The van der Waals surface area contributed by atoms with Crippen molar-refractivity contribution in [2.24, 2.45) is 0 Å². The van der Waals surface area contributed by atoms with Crippen molar-refractivity contribution in [3.63, 3.8) is 0 Å². The van der Waals surface area contributed by atoms with Crippen LogP contribution in [0.4, 0.5) is 0 Å². The zero-order valence-electron chi connectivity index (χ0n) is 7.35. The number of nitrogens with zero attached hydrogens (tertiary/aromatic N) is 1. The fourth-order valence-corrected chi connectivity index (χ4v) is 1.18. The maximum absolute atomic E-state index is 11.2. The van der Waals surface area contributed by atoms with Crippen molar-refractivity contribution in [3.05, 3.63) is 0 Å². The van der Waals surface area contributed by atoms with Gasteiger partial charge < -0.3 is 4.90 Å². The molecule has 0 aliphatic rings. The van der Waals surface area contributed by atoms with E-state index in [-0.39, 0.29) is 5.91 Å². The Bertz CT molecular complexity index is 174. The Morgan fingerprint density at radius 2 is 2.25 bits per heavy atom. The van der Waals surface area contributed by atoms with E-state index in [2.05, 4.69) is 21.9 Å². The smallest absolute Gasteiger partial charge is 0.223 e. The molecule has 0 N–H and O–H groups in total. The molecule has 0 aromatic carbocycles. The van der Waals surface area contributed by atoms with Gasteiger partial charge in [0.2, 0.25) is 5.91 Å². The molecule has 0 saturated heterocycles. The van der Waals surface area contributed by atoms with Crippen molar-refractivity contribution in [2.75, 3.05) is 18.9 Å². The summed E-state index contributed by atoms with van der Waals surface area (Å²) in [5.41, 5.74) is 0. The topological polar surface area (TPSA) is 20.3 Å². The molecule has 0 rings (SSSR count). The second kappa shape index (κ2) is 7.17. The monoisotopic (exact) mass is 231 g/mol. The van der Waals surface area contributed by atoms with Crippen molar-refractivity contribution < 1.29 is 4.79 Å². The van der Waals surface area contributed by atoms with E-state index < -0.39 is 0 Å². The summed E-state index contributed by atoms with van der Waals surface area (Å²) in [5, 5.41) is 0.957. The van der Waals surface area contributed by atoms with Gasteiger partial charge in [-0.2, -0.15) is 0 Å². The second-order valence-electron chi connectivity index (χ2n) is 2.60. The Morgan fingerprint density at radius 3 is 2.75 bits per heavy atom. The highest BCUT2D eigenvalue weighted by atomic mass is 79.9. The predicted molar refractivity (Wildman–Crippen MR) is 54.1 cm³/mol. The quantitative estimate of drug-likeness (QED) is 0.401. The SMILES string of the molecule is C#CCN(C)C(=O)CCCCBr. The Hall–Kier alpha value is -0.490. The molecule has 3 heteroatoms. The summed E-state index contributed by atoms with van der Waals surface area (Å²) in [6.45, 7) is 0.410. The summed E-state index contributed by atoms with van der Waals surface area (Å²) in [6.07, 6.45) is 7.64. The summed E-state index contributed by atoms with van der Waals surface area (Å²) in [6, 6.07) is 0. The van der Waals surface area contributed by atoms with Crippen LogP contribution in [-0.4, -0.2) is 29.7 Å². The lowest BCUT2D eigenvalue weighted by Gasteiger charge is -2.12. The molecule has 0 saturated carbocycles. The molecule has 0 unspecified atom stereocenters. The number of terminal acetylenes is 1. The lowest BCUT2D eigenvalue weighted by molar-refractivity contribution is -0.129. The summed E-state index contributed by atoms with van der Waals surface area (Å²) in [4.78, 5) is 12.8. The molecule has 0 heterocycles. The predicted octanol–water partition coefficient (Wildman–Crippen LogP) is 1.64. The second-order valence-corrected chi connectivity index (χ2v) is 3.39. The standard InChI is InChI=1S/C9H14BrNO/c1-3-8-11(2)9(12)6-4-5-7-10/h1H,4-8H2,2H3. The molecule has 0 fully saturated rings. The number of alkyl halides is 1. The fraction of sp³-hybridized carbons (Fsp3) is 0.667. The van der Waals surface area contributed by atoms with E-state index in [1.807, 2.05) is 0 Å². The number of hydrogen-bond donors (Lipinski definition) is 0. The van der Waals surface area contributed by atoms with Crippen LogP contribution in [-0.2, 0) is 4.79 Å². The third-order valence-electron chi connectivity index (χ3n) is 1.53. The van der Waals surface area contributed by atoms with Crippen LogP contribution in [0.25, 0.3) is 0 Å². The molecule has 0 aliphatic heterocycles. The van der Waals surface area contributed by atoms with Gasteiger partial charge >= 0.3 is 0 Å². The van der Waals surface area contributed by atoms with Crippen molar-refractivity contribution >= 4 is 21.8 Å². The van der Waals surface area contributed by atoms with Gasteiger partial charge in [-0.1, -0.05) is 21.9 Å². The minimum absolute atomic E-state index is 0.133. The molecule has 0 atom stereocenters. The first-order valence-electron chi connectivity index (χ1n) is 3.95. The van der Waals surface area contributed by atoms with Gasteiger partial charge in [-0.25, -0.2) is 0 Å². The van der Waals surface area contributed by atoms with Crippen molar-refractivity contribution in [3.8, 4) is 12.3 Å². The molecule has 1 amide bonds. The van der Waals surface area contributed by atoms with Crippen LogP contribution in [0, 0.1) is 12.3 Å². The van der Waals surface area contributed by atoms with E-state index in [0.717, 1.165) is 18.2 Å². The lowest BCUT2D eigenvalue weighted by Crippen LogP contribution is -2.26. The van der Waals surface area contributed by atoms with E-state index in [4.69, 9.17) is 6.42 Å². The summed E-state index contributed by atoms with van der Waals surface area (Å²) < 4.78 is 0. The maximum Gasteiger partial charge on any atom is 0.223 e. The molecular weight excluding hydrogens is 218 g/mol. The Labute approximate surface area is 82.4 Å². The van der Waals surface area contributed by atoms with Crippen LogP contribution in [0.5, 0.6) is 0 Å². The molecular formula is C9H14BrNO. The Balaban J connectivity index is 3.51. The lowest BCUT2D eigenvalue weighted by atomic mass is 10.2. The number of amides is 1. The summed E-state index contributed by atoms with van der Waals surface area (Å²) in [5.74, 6) is 2.57. The Kier molecular flexibility index (Phi) is 6.88. The number of carbonyl (C=O) groups is 1. The van der Waals surface area contributed by atoms with E-state index in [9.17, 15) is 4.79 Å². The molecule has 0 aliphatic carbocycles. The van der Waals surface area contributed by atoms with Crippen LogP contribution < -0.4 is 0 Å². The minimum atomic E-state index is 0.133. The van der Waals surface area contributed by atoms with Gasteiger partial charge in [0.1, 0.15) is 0 Å². The average molecular weight is 232 g/mol. The molecule has 12 heavy (non-hydrogen) atoms. The first-order chi connectivity index (χ1) is 5.72. The van der Waals surface area contributed by atoms with Crippen molar-refractivity contribution in [1.82, 2.24) is 4.90 Å². The van der Waals surface area contributed by atoms with Crippen LogP contribution >= 0.6 is 15.9 Å². The Morgan fingerprint density at radius 1 is 1.58 bits per heavy atom. The molecule has 0 spiro atoms. The first kappa shape index (κ1) is 11.5. The van der Waals surface area contributed by atoms with Crippen molar-refractivity contribution in [1.29, 1.82) is 0 Å². The van der Waals surface area contributed by atoms with Gasteiger partial charge in [0.15, 0.2) is 0 Å². The van der Waals surface area contributed by atoms with Gasteiger partial charge in [0.05, 0.1) is 6.54 Å². The average Bonchev–Trinajstić information content (AvgIpc) is 2.05. The molecule has 68 valence electrons. The largest absolute Gasteiger partial charge is 0.335 e. The van der Waals surface area contributed by atoms with Crippen LogP contribution in [0.2, 0.25) is 0 Å². The first-order valence-corrected chi connectivity index (χ1v) is 5.08. The number of carbonyl (C=O) groups excluding carboxylic acids is 1.